The summed E-state index contributed by atoms with van der Waals surface area (Å²) in [6, 6.07) is 4.84. The molecule has 1 aromatic carbocycles. The molecule has 2 rings (SSSR count). The number of carbonyl (C=O) groups is 2. The van der Waals surface area contributed by atoms with Gasteiger partial charge in [0.15, 0.2) is 0 Å². The average Bonchev–Trinajstić information content (AvgIpc) is 2.75. The van der Waals surface area contributed by atoms with Gasteiger partial charge in [-0.3, -0.25) is 9.79 Å². The summed E-state index contributed by atoms with van der Waals surface area (Å²) >= 11 is 0. The fourth-order valence-electron chi connectivity index (χ4n) is 3.63. The van der Waals surface area contributed by atoms with Gasteiger partial charge >= 0.3 is 18.1 Å². The number of aliphatic imine (C=N–C) groups is 1. The molecule has 2 atom stereocenters. The lowest BCUT2D eigenvalue weighted by molar-refractivity contribution is -0.145. The van der Waals surface area contributed by atoms with E-state index in [2.05, 4.69) is 10.3 Å². The molecule has 0 fully saturated rings. The van der Waals surface area contributed by atoms with Crippen molar-refractivity contribution >= 4 is 17.7 Å². The highest BCUT2D eigenvalue weighted by Gasteiger charge is 2.46. The first-order valence-corrected chi connectivity index (χ1v) is 10.1. The van der Waals surface area contributed by atoms with Gasteiger partial charge in [0.1, 0.15) is 5.92 Å². The van der Waals surface area contributed by atoms with Crippen LogP contribution in [0, 0.1) is 5.92 Å². The molecular formula is C22H27F3N2O5. The van der Waals surface area contributed by atoms with Crippen LogP contribution in [-0.2, 0) is 30.0 Å². The molecule has 0 radical (unpaired) electrons. The number of rotatable bonds is 9. The van der Waals surface area contributed by atoms with Gasteiger partial charge in [-0.25, -0.2) is 4.79 Å². The summed E-state index contributed by atoms with van der Waals surface area (Å²) < 4.78 is 57.1. The normalized spacial score (nSPS) is 18.9. The minimum absolute atomic E-state index is 0.00451. The summed E-state index contributed by atoms with van der Waals surface area (Å²) in [5.41, 5.74) is -0.987. The van der Waals surface area contributed by atoms with E-state index in [0.29, 0.717) is 6.54 Å². The molecule has 0 aromatic heterocycles. The summed E-state index contributed by atoms with van der Waals surface area (Å²) in [6.07, 6.45) is -4.71. The van der Waals surface area contributed by atoms with E-state index in [0.717, 1.165) is 13.2 Å². The predicted octanol–water partition coefficient (Wildman–Crippen LogP) is 3.11. The van der Waals surface area contributed by atoms with Crippen LogP contribution in [0.25, 0.3) is 0 Å². The maximum Gasteiger partial charge on any atom is 0.416 e. The van der Waals surface area contributed by atoms with Crippen LogP contribution in [0.5, 0.6) is 0 Å². The van der Waals surface area contributed by atoms with Crippen molar-refractivity contribution in [3.63, 3.8) is 0 Å². The topological polar surface area (TPSA) is 86.2 Å². The number of esters is 2. The number of ether oxygens (including phenoxy) is 3. The molecule has 10 heteroatoms. The minimum Gasteiger partial charge on any atom is -0.468 e. The molecule has 1 N–H and O–H groups in total. The highest BCUT2D eigenvalue weighted by molar-refractivity contribution is 6.07. The number of benzene rings is 1. The number of hydrogen-bond donors (Lipinski definition) is 1. The van der Waals surface area contributed by atoms with Gasteiger partial charge < -0.3 is 19.5 Å². The number of nitrogens with one attached hydrogen (secondary N) is 1. The molecule has 0 amide bonds. The first-order valence-electron chi connectivity index (χ1n) is 10.1. The van der Waals surface area contributed by atoms with Crippen molar-refractivity contribution in [3.8, 4) is 0 Å². The minimum atomic E-state index is -4.71. The Morgan fingerprint density at radius 3 is 2.50 bits per heavy atom. The Bertz CT molecular complexity index is 896. The number of halogens is 3. The molecule has 7 nitrogen and oxygen atoms in total. The largest absolute Gasteiger partial charge is 0.468 e. The van der Waals surface area contributed by atoms with Gasteiger partial charge in [-0.15, -0.1) is 0 Å². The fourth-order valence-corrected chi connectivity index (χ4v) is 3.63. The Kier molecular flexibility index (Phi) is 8.97. The third kappa shape index (κ3) is 5.74. The van der Waals surface area contributed by atoms with Crippen LogP contribution < -0.4 is 5.32 Å². The van der Waals surface area contributed by atoms with Gasteiger partial charge in [0.25, 0.3) is 0 Å². The second-order valence-electron chi connectivity index (χ2n) is 7.05. The molecule has 0 bridgehead atoms. The van der Waals surface area contributed by atoms with Crippen LogP contribution in [-0.4, -0.2) is 58.2 Å². The molecule has 1 aliphatic heterocycles. The lowest BCUT2D eigenvalue weighted by Gasteiger charge is -2.33. The molecule has 176 valence electrons. The number of alkyl halides is 3. The Balaban J connectivity index is 2.74. The van der Waals surface area contributed by atoms with Crippen molar-refractivity contribution < 1.29 is 37.0 Å². The SMILES string of the molecule is CCOC(=O)C1=C(COCCNC)N=C(C)C(C(=O)OC)C1c1ccccc1C(F)(F)F. The highest BCUT2D eigenvalue weighted by Crippen LogP contribution is 2.45. The van der Waals surface area contributed by atoms with Crippen molar-refractivity contribution in [1.29, 1.82) is 0 Å². The lowest BCUT2D eigenvalue weighted by Crippen LogP contribution is -2.38. The lowest BCUT2D eigenvalue weighted by atomic mass is 9.74. The molecule has 1 heterocycles. The van der Waals surface area contributed by atoms with E-state index in [4.69, 9.17) is 14.2 Å². The zero-order valence-corrected chi connectivity index (χ0v) is 18.4. The van der Waals surface area contributed by atoms with Gasteiger partial charge in [-0.05, 0) is 32.5 Å². The second-order valence-corrected chi connectivity index (χ2v) is 7.05. The fraction of sp³-hybridized carbons (Fsp3) is 0.500. The molecule has 0 saturated carbocycles. The van der Waals surface area contributed by atoms with Crippen molar-refractivity contribution in [3.05, 3.63) is 46.7 Å². The average molecular weight is 456 g/mol. The Morgan fingerprint density at radius 1 is 1.22 bits per heavy atom. The molecule has 0 aliphatic carbocycles. The van der Waals surface area contributed by atoms with Crippen molar-refractivity contribution in [2.24, 2.45) is 10.9 Å². The van der Waals surface area contributed by atoms with Gasteiger partial charge in [-0.2, -0.15) is 13.2 Å². The monoisotopic (exact) mass is 456 g/mol. The van der Waals surface area contributed by atoms with E-state index < -0.39 is 35.5 Å². The van der Waals surface area contributed by atoms with Crippen LogP contribution in [0.2, 0.25) is 0 Å². The van der Waals surface area contributed by atoms with Crippen molar-refractivity contribution in [2.75, 3.05) is 40.5 Å². The van der Waals surface area contributed by atoms with E-state index in [1.165, 1.54) is 25.1 Å². The summed E-state index contributed by atoms with van der Waals surface area (Å²) in [4.78, 5) is 30.0. The second kappa shape index (κ2) is 11.2. The molecular weight excluding hydrogens is 429 g/mol. The number of carbonyl (C=O) groups excluding carboxylic acids is 2. The molecule has 1 aromatic rings. The zero-order chi connectivity index (χ0) is 23.9. The van der Waals surface area contributed by atoms with Crippen LogP contribution in [0.1, 0.15) is 30.9 Å². The summed E-state index contributed by atoms with van der Waals surface area (Å²) in [6.45, 7) is 3.77. The summed E-state index contributed by atoms with van der Waals surface area (Å²) in [5.74, 6) is -4.19. The first kappa shape index (κ1) is 25.5. The molecule has 32 heavy (non-hydrogen) atoms. The zero-order valence-electron chi connectivity index (χ0n) is 18.4. The number of methoxy groups -OCH3 is 1. The summed E-state index contributed by atoms with van der Waals surface area (Å²) in [5, 5.41) is 2.90. The Morgan fingerprint density at radius 2 is 1.91 bits per heavy atom. The maximum atomic E-state index is 13.9. The van der Waals surface area contributed by atoms with Gasteiger partial charge in [0, 0.05) is 18.2 Å². The Hall–Kier alpha value is -2.72. The van der Waals surface area contributed by atoms with E-state index in [9.17, 15) is 22.8 Å². The van der Waals surface area contributed by atoms with Gasteiger partial charge in [-0.1, -0.05) is 18.2 Å². The van der Waals surface area contributed by atoms with E-state index >= 15 is 0 Å². The summed E-state index contributed by atoms with van der Waals surface area (Å²) in [7, 11) is 2.87. The molecule has 0 spiro atoms. The number of likely N-dealkylation sites (N-methyl/N-ethyl adjacent to an activating group) is 1. The third-order valence-electron chi connectivity index (χ3n) is 5.00. The smallest absolute Gasteiger partial charge is 0.416 e. The first-order chi connectivity index (χ1) is 15.2. The Labute approximate surface area is 184 Å². The molecule has 2 unspecified atom stereocenters. The van der Waals surface area contributed by atoms with E-state index in [1.54, 1.807) is 14.0 Å². The van der Waals surface area contributed by atoms with Crippen LogP contribution in [0.4, 0.5) is 13.2 Å². The van der Waals surface area contributed by atoms with E-state index in [1.807, 2.05) is 0 Å². The molecule has 1 aliphatic rings. The van der Waals surface area contributed by atoms with E-state index in [-0.39, 0.29) is 42.4 Å². The predicted molar refractivity (Wildman–Crippen MR) is 111 cm³/mol. The van der Waals surface area contributed by atoms with Crippen LogP contribution in [0.3, 0.4) is 0 Å². The van der Waals surface area contributed by atoms with Crippen LogP contribution in [0.15, 0.2) is 40.5 Å². The van der Waals surface area contributed by atoms with Gasteiger partial charge in [0.2, 0.25) is 0 Å². The quantitative estimate of drug-likeness (QED) is 0.454. The highest BCUT2D eigenvalue weighted by atomic mass is 19.4. The molecule has 0 saturated heterocycles. The number of hydrogen-bond acceptors (Lipinski definition) is 7. The van der Waals surface area contributed by atoms with Gasteiger partial charge in [0.05, 0.1) is 43.8 Å². The van der Waals surface area contributed by atoms with Crippen molar-refractivity contribution in [1.82, 2.24) is 5.32 Å². The van der Waals surface area contributed by atoms with Crippen LogP contribution >= 0.6 is 0 Å². The third-order valence-corrected chi connectivity index (χ3v) is 5.00. The maximum absolute atomic E-state index is 13.9. The van der Waals surface area contributed by atoms with Crippen molar-refractivity contribution in [2.45, 2.75) is 25.9 Å². The number of nitrogens with zero attached hydrogens (tertiary/aromatic N) is 1. The standard InChI is InChI=1S/C22H27F3N2O5/c1-5-32-21(29)19-16(12-31-11-10-26-3)27-13(2)17(20(28)30-4)18(19)14-8-6-7-9-15(14)22(23,24)25/h6-9,17-18,26H,5,10-12H2,1-4H3.